The van der Waals surface area contributed by atoms with Crippen molar-refractivity contribution in [1.82, 2.24) is 4.98 Å². The van der Waals surface area contributed by atoms with Gasteiger partial charge in [0.05, 0.1) is 12.8 Å². The molecule has 0 aliphatic carbocycles. The van der Waals surface area contributed by atoms with Crippen molar-refractivity contribution in [3.63, 3.8) is 0 Å². The summed E-state index contributed by atoms with van der Waals surface area (Å²) in [4.78, 5) is 14.6. The second kappa shape index (κ2) is 6.28. The molecule has 0 saturated carbocycles. The molecule has 7 heteroatoms. The van der Waals surface area contributed by atoms with E-state index < -0.39 is 5.97 Å². The van der Waals surface area contributed by atoms with Crippen molar-refractivity contribution in [2.24, 2.45) is 0 Å². The molecule has 1 aromatic rings. The van der Waals surface area contributed by atoms with Gasteiger partial charge in [0.25, 0.3) is 0 Å². The number of hydrogen-bond acceptors (Lipinski definition) is 5. The lowest BCUT2D eigenvalue weighted by Gasteiger charge is -2.01. The van der Waals surface area contributed by atoms with E-state index in [1.807, 2.05) is 0 Å². The Morgan fingerprint density at radius 3 is 2.36 bits per heavy atom. The molecule has 0 unspecified atom stereocenters. The molecule has 80 valence electrons. The average molecular weight is 240 g/mol. The van der Waals surface area contributed by atoms with Crippen LogP contribution in [0.3, 0.4) is 0 Å². The third-order valence-electron chi connectivity index (χ3n) is 1.35. The Hall–Kier alpha value is -1.20. The molecule has 0 spiro atoms. The first-order chi connectivity index (χ1) is 5.65. The normalized spacial score (nSPS) is 8.07. The van der Waals surface area contributed by atoms with Crippen LogP contribution in [0.1, 0.15) is 10.5 Å². The Morgan fingerprint density at radius 2 is 1.93 bits per heavy atom. The lowest BCUT2D eigenvalue weighted by molar-refractivity contribution is 0.0594. The van der Waals surface area contributed by atoms with Crippen LogP contribution in [0.2, 0.25) is 0 Å². The quantitative estimate of drug-likeness (QED) is 0.711. The van der Waals surface area contributed by atoms with Gasteiger partial charge in [-0.25, -0.2) is 9.78 Å². The second-order valence-electron chi connectivity index (χ2n) is 2.16. The van der Waals surface area contributed by atoms with Gasteiger partial charge in [-0.2, -0.15) is 0 Å². The van der Waals surface area contributed by atoms with Gasteiger partial charge in [0.1, 0.15) is 5.82 Å². The molecular weight excluding hydrogens is 229 g/mol. The minimum atomic E-state index is -0.526. The summed E-state index contributed by atoms with van der Waals surface area (Å²) in [6.07, 6.45) is 0. The Labute approximate surface area is 93.6 Å². The van der Waals surface area contributed by atoms with Gasteiger partial charge in [0.2, 0.25) is 0 Å². The predicted molar refractivity (Wildman–Crippen MR) is 58.9 cm³/mol. The van der Waals surface area contributed by atoms with E-state index in [9.17, 15) is 4.79 Å². The van der Waals surface area contributed by atoms with Crippen molar-refractivity contribution in [1.29, 1.82) is 0 Å². The molecule has 1 rings (SSSR count). The Bertz CT molecular complexity index is 320. The van der Waals surface area contributed by atoms with E-state index in [0.29, 0.717) is 5.69 Å². The molecule has 0 amide bonds. The van der Waals surface area contributed by atoms with E-state index in [-0.39, 0.29) is 36.3 Å². The molecule has 5 nitrogen and oxygen atoms in total. The van der Waals surface area contributed by atoms with E-state index in [4.69, 9.17) is 11.5 Å². The van der Waals surface area contributed by atoms with Gasteiger partial charge in [-0.15, -0.1) is 24.8 Å². The van der Waals surface area contributed by atoms with Gasteiger partial charge in [-0.05, 0) is 12.1 Å². The van der Waals surface area contributed by atoms with E-state index in [0.717, 1.165) is 0 Å². The highest BCUT2D eigenvalue weighted by molar-refractivity contribution is 5.88. The van der Waals surface area contributed by atoms with Crippen molar-refractivity contribution in [2.45, 2.75) is 0 Å². The number of nitrogens with zero attached hydrogens (tertiary/aromatic N) is 1. The number of hydrogen-bond donors (Lipinski definition) is 2. The summed E-state index contributed by atoms with van der Waals surface area (Å²) < 4.78 is 4.43. The molecule has 1 heterocycles. The smallest absolute Gasteiger partial charge is 0.356 e. The van der Waals surface area contributed by atoms with Crippen molar-refractivity contribution in [3.8, 4) is 0 Å². The number of ether oxygens (including phenoxy) is 1. The van der Waals surface area contributed by atoms with Gasteiger partial charge < -0.3 is 16.2 Å². The maximum absolute atomic E-state index is 10.9. The van der Waals surface area contributed by atoms with Crippen LogP contribution in [-0.2, 0) is 4.74 Å². The van der Waals surface area contributed by atoms with Crippen LogP contribution in [0.4, 0.5) is 11.5 Å². The molecule has 4 N–H and O–H groups in total. The zero-order chi connectivity index (χ0) is 9.14. The first-order valence-electron chi connectivity index (χ1n) is 3.25. The molecule has 0 fully saturated rings. The standard InChI is InChI=1S/C7H9N3O2.2ClH/c1-12-7(11)5-3-2-4(8)6(9)10-5;;/h2-3H,8H2,1H3,(H2,9,10);2*1H. The number of nitrogens with two attached hydrogens (primary N) is 2. The number of pyridine rings is 1. The van der Waals surface area contributed by atoms with Crippen LogP contribution in [-0.4, -0.2) is 18.1 Å². The van der Waals surface area contributed by atoms with E-state index in [1.165, 1.54) is 19.2 Å². The summed E-state index contributed by atoms with van der Waals surface area (Å²) in [5.74, 6) is -0.389. The molecule has 0 aromatic carbocycles. The Kier molecular flexibility index (Phi) is 6.86. The summed E-state index contributed by atoms with van der Waals surface area (Å²) >= 11 is 0. The summed E-state index contributed by atoms with van der Waals surface area (Å²) in [5.41, 5.74) is 11.3. The topological polar surface area (TPSA) is 91.2 Å². The summed E-state index contributed by atoms with van der Waals surface area (Å²) in [7, 11) is 1.27. The minimum Gasteiger partial charge on any atom is -0.464 e. The maximum atomic E-state index is 10.9. The lowest BCUT2D eigenvalue weighted by atomic mass is 10.3. The lowest BCUT2D eigenvalue weighted by Crippen LogP contribution is -2.07. The molecule has 1 aromatic heterocycles. The fourth-order valence-electron chi connectivity index (χ4n) is 0.704. The fourth-order valence-corrected chi connectivity index (χ4v) is 0.704. The van der Waals surface area contributed by atoms with Gasteiger partial charge >= 0.3 is 5.97 Å². The number of esters is 1. The highest BCUT2D eigenvalue weighted by Crippen LogP contribution is 2.11. The monoisotopic (exact) mass is 239 g/mol. The van der Waals surface area contributed by atoms with Crippen LogP contribution in [0.25, 0.3) is 0 Å². The number of nitrogen functional groups attached to an aromatic ring is 2. The number of halogens is 2. The molecule has 0 atom stereocenters. The number of rotatable bonds is 1. The van der Waals surface area contributed by atoms with Crippen LogP contribution < -0.4 is 11.5 Å². The van der Waals surface area contributed by atoms with Gasteiger partial charge in [-0.1, -0.05) is 0 Å². The molecule has 0 aliphatic rings. The van der Waals surface area contributed by atoms with E-state index >= 15 is 0 Å². The maximum Gasteiger partial charge on any atom is 0.356 e. The number of anilines is 2. The second-order valence-corrected chi connectivity index (χ2v) is 2.16. The number of aromatic nitrogens is 1. The minimum absolute atomic E-state index is 0. The molecule has 0 aliphatic heterocycles. The SMILES string of the molecule is COC(=O)c1ccc(N)c(N)n1.Cl.Cl. The first kappa shape index (κ1) is 15.3. The molecule has 0 radical (unpaired) electrons. The zero-order valence-electron chi connectivity index (χ0n) is 7.39. The van der Waals surface area contributed by atoms with E-state index in [2.05, 4.69) is 9.72 Å². The van der Waals surface area contributed by atoms with Crippen LogP contribution in [0.5, 0.6) is 0 Å². The van der Waals surface area contributed by atoms with Gasteiger partial charge in [0, 0.05) is 0 Å². The van der Waals surface area contributed by atoms with Crippen molar-refractivity contribution >= 4 is 42.3 Å². The van der Waals surface area contributed by atoms with Gasteiger partial charge in [-0.3, -0.25) is 0 Å². The van der Waals surface area contributed by atoms with Crippen molar-refractivity contribution in [2.75, 3.05) is 18.6 Å². The van der Waals surface area contributed by atoms with Crippen LogP contribution >= 0.6 is 24.8 Å². The fraction of sp³-hybridized carbons (Fsp3) is 0.143. The third kappa shape index (κ3) is 3.27. The predicted octanol–water partition coefficient (Wildman–Crippen LogP) is 0.876. The van der Waals surface area contributed by atoms with Crippen molar-refractivity contribution < 1.29 is 9.53 Å². The Balaban J connectivity index is 0. The summed E-state index contributed by atoms with van der Waals surface area (Å²) in [6, 6.07) is 2.96. The third-order valence-corrected chi connectivity index (χ3v) is 1.35. The molecular formula is C7H11Cl2N3O2. The largest absolute Gasteiger partial charge is 0.464 e. The number of carbonyl (C=O) groups is 1. The molecule has 14 heavy (non-hydrogen) atoms. The van der Waals surface area contributed by atoms with Crippen molar-refractivity contribution in [3.05, 3.63) is 17.8 Å². The van der Waals surface area contributed by atoms with Crippen LogP contribution in [0, 0.1) is 0 Å². The highest BCUT2D eigenvalue weighted by Gasteiger charge is 2.07. The summed E-state index contributed by atoms with van der Waals surface area (Å²) in [5, 5.41) is 0. The Morgan fingerprint density at radius 1 is 1.36 bits per heavy atom. The van der Waals surface area contributed by atoms with E-state index in [1.54, 1.807) is 0 Å². The number of carbonyl (C=O) groups excluding carboxylic acids is 1. The number of methoxy groups -OCH3 is 1. The zero-order valence-corrected chi connectivity index (χ0v) is 9.02. The summed E-state index contributed by atoms with van der Waals surface area (Å²) in [6.45, 7) is 0. The highest BCUT2D eigenvalue weighted by atomic mass is 35.5. The average Bonchev–Trinajstić information content (AvgIpc) is 2.08. The first-order valence-corrected chi connectivity index (χ1v) is 3.25. The molecule has 0 saturated heterocycles. The van der Waals surface area contributed by atoms with Crippen LogP contribution in [0.15, 0.2) is 12.1 Å². The molecule has 0 bridgehead atoms. The van der Waals surface area contributed by atoms with Gasteiger partial charge in [0.15, 0.2) is 5.69 Å².